The van der Waals surface area contributed by atoms with E-state index in [4.69, 9.17) is 29.0 Å². The number of aldehydes is 1. The first-order chi connectivity index (χ1) is 16.8. The van der Waals surface area contributed by atoms with Gasteiger partial charge in [0.05, 0.1) is 12.1 Å². The van der Waals surface area contributed by atoms with Crippen LogP contribution in [0, 0.1) is 0 Å². The number of carbonyl (C=O) groups is 3. The highest BCUT2D eigenvalue weighted by Crippen LogP contribution is 2.21. The summed E-state index contributed by atoms with van der Waals surface area (Å²) >= 11 is 0. The van der Waals surface area contributed by atoms with E-state index in [1.165, 1.54) is 0 Å². The molecule has 0 unspecified atom stereocenters. The molecule has 7 N–H and O–H groups in total. The maximum Gasteiger partial charge on any atom is 0.394 e. The van der Waals surface area contributed by atoms with Crippen molar-refractivity contribution in [2.75, 3.05) is 27.2 Å². The van der Waals surface area contributed by atoms with Gasteiger partial charge in [-0.2, -0.15) is 8.42 Å². The second kappa shape index (κ2) is 15.1. The molecule has 1 aromatic carbocycles. The quantitative estimate of drug-likeness (QED) is 0.0796. The highest BCUT2D eigenvalue weighted by Gasteiger charge is 2.38. The summed E-state index contributed by atoms with van der Waals surface area (Å²) < 4.78 is 31.6. The number of nitrogens with zero attached hydrogens (tertiary/aromatic N) is 3. The third kappa shape index (κ3) is 12.1. The molecule has 0 saturated carbocycles. The second-order valence-electron chi connectivity index (χ2n) is 8.51. The third-order valence-corrected chi connectivity index (χ3v) is 5.48. The number of hydrogen-bond acceptors (Lipinski definition) is 7. The zero-order chi connectivity index (χ0) is 27.3. The van der Waals surface area contributed by atoms with E-state index in [1.54, 1.807) is 4.90 Å². The average molecular weight is 529 g/mol. The molecule has 2 rings (SSSR count). The van der Waals surface area contributed by atoms with Gasteiger partial charge < -0.3 is 26.5 Å². The fraction of sp³-hybridized carbons (Fsp3) is 0.545. The van der Waals surface area contributed by atoms with Crippen molar-refractivity contribution in [3.63, 3.8) is 0 Å². The van der Waals surface area contributed by atoms with Gasteiger partial charge in [0.1, 0.15) is 12.3 Å². The average Bonchev–Trinajstić information content (AvgIpc) is 3.28. The van der Waals surface area contributed by atoms with Crippen molar-refractivity contribution >= 4 is 34.5 Å². The molecular formula is C22H36N6O7S. The van der Waals surface area contributed by atoms with Crippen LogP contribution in [0.1, 0.15) is 31.2 Å². The van der Waals surface area contributed by atoms with Crippen molar-refractivity contribution in [1.82, 2.24) is 15.1 Å². The fourth-order valence-corrected chi connectivity index (χ4v) is 3.80. The molecule has 3 atom stereocenters. The van der Waals surface area contributed by atoms with Gasteiger partial charge in [-0.25, -0.2) is 0 Å². The molecule has 1 heterocycles. The minimum Gasteiger partial charge on any atom is -0.370 e. The van der Waals surface area contributed by atoms with E-state index in [0.717, 1.165) is 12.0 Å². The number of nitrogens with two attached hydrogens (primary N) is 2. The Morgan fingerprint density at radius 2 is 1.86 bits per heavy atom. The zero-order valence-electron chi connectivity index (χ0n) is 20.5. The SMILES string of the molecule is CN(C)[C@H](Cc1ccccc1)C(=O)N1CCC[C@H]1C(=O)N[C@H](C=O)CCCN=C(N)N.O=S(=O)(O)O. The summed E-state index contributed by atoms with van der Waals surface area (Å²) in [6.07, 6.45) is 3.62. The molecule has 0 bridgehead atoms. The Balaban J connectivity index is 0.00000118. The molecule has 0 spiro atoms. The minimum absolute atomic E-state index is 0.00209. The number of aliphatic imine (C=N–C) groups is 1. The molecule has 13 nitrogen and oxygen atoms in total. The third-order valence-electron chi connectivity index (χ3n) is 5.48. The van der Waals surface area contributed by atoms with Crippen LogP contribution in [0.4, 0.5) is 0 Å². The number of nitrogens with one attached hydrogen (secondary N) is 1. The maximum absolute atomic E-state index is 13.3. The maximum atomic E-state index is 13.3. The van der Waals surface area contributed by atoms with Crippen LogP contribution in [0.15, 0.2) is 35.3 Å². The number of hydrogen-bond donors (Lipinski definition) is 5. The van der Waals surface area contributed by atoms with Crippen LogP contribution in [0.25, 0.3) is 0 Å². The normalized spacial score (nSPS) is 16.9. The molecule has 202 valence electrons. The molecular weight excluding hydrogens is 492 g/mol. The lowest BCUT2D eigenvalue weighted by molar-refractivity contribution is -0.142. The minimum atomic E-state index is -4.67. The topological polar surface area (TPSA) is 209 Å². The van der Waals surface area contributed by atoms with Crippen molar-refractivity contribution < 1.29 is 31.9 Å². The van der Waals surface area contributed by atoms with Gasteiger partial charge in [0.15, 0.2) is 5.96 Å². The molecule has 1 aliphatic rings. The van der Waals surface area contributed by atoms with Gasteiger partial charge in [0, 0.05) is 13.1 Å². The first-order valence-corrected chi connectivity index (χ1v) is 12.7. The predicted octanol–water partition coefficient (Wildman–Crippen LogP) is -0.765. The Hall–Kier alpha value is -3.07. The largest absolute Gasteiger partial charge is 0.394 e. The molecule has 0 aromatic heterocycles. The standard InChI is InChI=1S/C22H34N6O3.H2O4S/c1-27(2)19(14-16-8-4-3-5-9-16)21(31)28-13-7-11-18(28)20(30)26-17(15-29)10-6-12-25-22(23)24;1-5(2,3)4/h3-5,8-9,15,17-19H,6-7,10-14H2,1-2H3,(H,26,30)(H4,23,24,25);(H2,1,2,3,4)/t17-,18-,19+;/m0./s1. The molecule has 2 amide bonds. The molecule has 14 heteroatoms. The van der Waals surface area contributed by atoms with E-state index >= 15 is 0 Å². The molecule has 1 aliphatic heterocycles. The summed E-state index contributed by atoms with van der Waals surface area (Å²) in [5.41, 5.74) is 11.6. The van der Waals surface area contributed by atoms with Crippen molar-refractivity contribution in [2.45, 2.75) is 50.2 Å². The summed E-state index contributed by atoms with van der Waals surface area (Å²) in [5, 5.41) is 2.77. The fourth-order valence-electron chi connectivity index (χ4n) is 3.80. The molecule has 1 aromatic rings. The summed E-state index contributed by atoms with van der Waals surface area (Å²) in [7, 11) is -0.925. The lowest BCUT2D eigenvalue weighted by Crippen LogP contribution is -2.54. The Morgan fingerprint density at radius 1 is 1.25 bits per heavy atom. The van der Waals surface area contributed by atoms with Gasteiger partial charge in [0.2, 0.25) is 11.8 Å². The number of amides is 2. The van der Waals surface area contributed by atoms with Crippen LogP contribution in [-0.4, -0.2) is 96.7 Å². The lowest BCUT2D eigenvalue weighted by Gasteiger charge is -2.32. The summed E-state index contributed by atoms with van der Waals surface area (Å²) in [4.78, 5) is 45.0. The first-order valence-electron chi connectivity index (χ1n) is 11.3. The predicted molar refractivity (Wildman–Crippen MR) is 134 cm³/mol. The van der Waals surface area contributed by atoms with Crippen molar-refractivity contribution in [3.8, 4) is 0 Å². The summed E-state index contributed by atoms with van der Waals surface area (Å²) in [5.74, 6) is -0.360. The van der Waals surface area contributed by atoms with E-state index < -0.39 is 22.5 Å². The molecule has 36 heavy (non-hydrogen) atoms. The van der Waals surface area contributed by atoms with E-state index in [-0.39, 0.29) is 23.8 Å². The number of likely N-dealkylation sites (N-methyl/N-ethyl adjacent to an activating group) is 1. The molecule has 0 aliphatic carbocycles. The second-order valence-corrected chi connectivity index (χ2v) is 9.40. The van der Waals surface area contributed by atoms with Crippen LogP contribution >= 0.6 is 0 Å². The first kappa shape index (κ1) is 31.0. The number of likely N-dealkylation sites (tertiary alicyclic amines) is 1. The Bertz CT molecular complexity index is 976. The van der Waals surface area contributed by atoms with Crippen LogP contribution in [-0.2, 0) is 31.2 Å². The highest BCUT2D eigenvalue weighted by molar-refractivity contribution is 7.79. The summed E-state index contributed by atoms with van der Waals surface area (Å²) in [6.45, 7) is 0.923. The van der Waals surface area contributed by atoms with Crippen molar-refractivity contribution in [1.29, 1.82) is 0 Å². The summed E-state index contributed by atoms with van der Waals surface area (Å²) in [6, 6.07) is 8.27. The molecule has 1 saturated heterocycles. The van der Waals surface area contributed by atoms with Gasteiger partial charge in [-0.15, -0.1) is 0 Å². The number of rotatable bonds is 11. The molecule has 0 radical (unpaired) electrons. The van der Waals surface area contributed by atoms with Gasteiger partial charge in [0.25, 0.3) is 0 Å². The number of benzene rings is 1. The van der Waals surface area contributed by atoms with E-state index in [0.29, 0.717) is 45.1 Å². The van der Waals surface area contributed by atoms with Gasteiger partial charge in [-0.1, -0.05) is 30.3 Å². The zero-order valence-corrected chi connectivity index (χ0v) is 21.3. The highest BCUT2D eigenvalue weighted by atomic mass is 32.3. The number of guanidine groups is 1. The van der Waals surface area contributed by atoms with Crippen LogP contribution in [0.2, 0.25) is 0 Å². The van der Waals surface area contributed by atoms with E-state index in [2.05, 4.69) is 10.3 Å². The van der Waals surface area contributed by atoms with Crippen LogP contribution in [0.5, 0.6) is 0 Å². The number of carbonyl (C=O) groups excluding carboxylic acids is 3. The van der Waals surface area contributed by atoms with Gasteiger partial charge in [-0.3, -0.25) is 28.6 Å². The van der Waals surface area contributed by atoms with Crippen LogP contribution in [0.3, 0.4) is 0 Å². The Kier molecular flexibility index (Phi) is 13.0. The van der Waals surface area contributed by atoms with Crippen molar-refractivity contribution in [3.05, 3.63) is 35.9 Å². The Morgan fingerprint density at radius 3 is 2.39 bits per heavy atom. The smallest absolute Gasteiger partial charge is 0.370 e. The molecule has 1 fully saturated rings. The van der Waals surface area contributed by atoms with Crippen molar-refractivity contribution in [2.24, 2.45) is 16.5 Å². The Labute approximate surface area is 211 Å². The van der Waals surface area contributed by atoms with Gasteiger partial charge >= 0.3 is 10.4 Å². The van der Waals surface area contributed by atoms with E-state index in [9.17, 15) is 14.4 Å². The van der Waals surface area contributed by atoms with Crippen LogP contribution < -0.4 is 16.8 Å². The monoisotopic (exact) mass is 528 g/mol. The lowest BCUT2D eigenvalue weighted by atomic mass is 10.0. The van der Waals surface area contributed by atoms with Gasteiger partial charge in [-0.05, 0) is 51.8 Å². The van der Waals surface area contributed by atoms with E-state index in [1.807, 2.05) is 49.3 Å².